The number of halogens is 1. The van der Waals surface area contributed by atoms with Gasteiger partial charge in [-0.1, -0.05) is 29.8 Å². The lowest BCUT2D eigenvalue weighted by Crippen LogP contribution is -2.50. The number of nitrogens with zero attached hydrogens (tertiary/aromatic N) is 2. The molecular weight excluding hydrogens is 426 g/mol. The Morgan fingerprint density at radius 1 is 1.10 bits per heavy atom. The second kappa shape index (κ2) is 10.1. The molecule has 7 nitrogen and oxygen atoms in total. The average Bonchev–Trinajstić information content (AvgIpc) is 2.74. The molecule has 2 aromatic carbocycles. The monoisotopic (exact) mass is 451 g/mol. The molecule has 1 aliphatic heterocycles. The van der Waals surface area contributed by atoms with E-state index in [9.17, 15) is 13.2 Å². The summed E-state index contributed by atoms with van der Waals surface area (Å²) in [6.45, 7) is 2.11. The van der Waals surface area contributed by atoms with Crippen molar-refractivity contribution in [3.05, 3.63) is 59.1 Å². The van der Waals surface area contributed by atoms with E-state index in [1.165, 1.54) is 4.31 Å². The number of rotatable bonds is 8. The van der Waals surface area contributed by atoms with Gasteiger partial charge < -0.3 is 15.0 Å². The van der Waals surface area contributed by atoms with Gasteiger partial charge in [0.1, 0.15) is 5.75 Å². The minimum absolute atomic E-state index is 0.0891. The maximum atomic E-state index is 12.6. The van der Waals surface area contributed by atoms with Crippen LogP contribution in [0, 0.1) is 0 Å². The third-order valence-corrected chi connectivity index (χ3v) is 7.12. The lowest BCUT2D eigenvalue weighted by Gasteiger charge is -2.35. The highest BCUT2D eigenvalue weighted by Gasteiger charge is 2.26. The zero-order chi connectivity index (χ0) is 21.6. The van der Waals surface area contributed by atoms with E-state index in [2.05, 4.69) is 10.2 Å². The number of benzene rings is 2. The Morgan fingerprint density at radius 2 is 1.80 bits per heavy atom. The molecule has 0 spiro atoms. The van der Waals surface area contributed by atoms with Crippen LogP contribution in [0.5, 0.6) is 5.75 Å². The van der Waals surface area contributed by atoms with Crippen LogP contribution in [0.3, 0.4) is 0 Å². The van der Waals surface area contributed by atoms with Crippen molar-refractivity contribution >= 4 is 33.2 Å². The number of anilines is 1. The highest BCUT2D eigenvalue weighted by Crippen LogP contribution is 2.21. The summed E-state index contributed by atoms with van der Waals surface area (Å²) in [5.41, 5.74) is 1.83. The van der Waals surface area contributed by atoms with Crippen molar-refractivity contribution in [1.82, 2.24) is 9.62 Å². The summed E-state index contributed by atoms with van der Waals surface area (Å²) in [5, 5.41) is 3.35. The van der Waals surface area contributed by atoms with Gasteiger partial charge in [-0.2, -0.15) is 4.31 Å². The lowest BCUT2D eigenvalue weighted by molar-refractivity contribution is -0.120. The van der Waals surface area contributed by atoms with Crippen LogP contribution in [0.4, 0.5) is 5.69 Å². The van der Waals surface area contributed by atoms with E-state index in [1.807, 2.05) is 36.4 Å². The molecule has 0 aliphatic carbocycles. The van der Waals surface area contributed by atoms with Crippen molar-refractivity contribution in [3.63, 3.8) is 0 Å². The number of piperazine rings is 1. The van der Waals surface area contributed by atoms with Gasteiger partial charge in [0.15, 0.2) is 0 Å². The van der Waals surface area contributed by atoms with Gasteiger partial charge in [-0.15, -0.1) is 0 Å². The SMILES string of the molecule is COc1ccc(CC(=O)NCCS(=O)(=O)N2CCN(c3cccc(Cl)c3)CC2)cc1. The molecular formula is C21H26ClN3O4S. The van der Waals surface area contributed by atoms with E-state index in [0.717, 1.165) is 17.0 Å². The first-order valence-electron chi connectivity index (χ1n) is 9.75. The fraction of sp³-hybridized carbons (Fsp3) is 0.381. The number of hydrogen-bond acceptors (Lipinski definition) is 5. The molecule has 0 radical (unpaired) electrons. The van der Waals surface area contributed by atoms with Gasteiger partial charge in [-0.3, -0.25) is 4.79 Å². The molecule has 2 aromatic rings. The van der Waals surface area contributed by atoms with E-state index in [0.29, 0.717) is 31.2 Å². The predicted molar refractivity (Wildman–Crippen MR) is 119 cm³/mol. The fourth-order valence-electron chi connectivity index (χ4n) is 3.34. The summed E-state index contributed by atoms with van der Waals surface area (Å²) in [6.07, 6.45) is 0.197. The van der Waals surface area contributed by atoms with Crippen molar-refractivity contribution in [2.24, 2.45) is 0 Å². The summed E-state index contributed by atoms with van der Waals surface area (Å²) < 4.78 is 31.8. The Balaban J connectivity index is 1.43. The third kappa shape index (κ3) is 6.10. The van der Waals surface area contributed by atoms with Crippen molar-refractivity contribution in [2.45, 2.75) is 6.42 Å². The number of methoxy groups -OCH3 is 1. The van der Waals surface area contributed by atoms with Crippen molar-refractivity contribution < 1.29 is 17.9 Å². The van der Waals surface area contributed by atoms with E-state index < -0.39 is 10.0 Å². The maximum Gasteiger partial charge on any atom is 0.224 e. The number of nitrogens with one attached hydrogen (secondary N) is 1. The van der Waals surface area contributed by atoms with Crippen LogP contribution in [-0.4, -0.2) is 64.2 Å². The smallest absolute Gasteiger partial charge is 0.224 e. The normalized spacial score (nSPS) is 15.1. The topological polar surface area (TPSA) is 78.9 Å². The van der Waals surface area contributed by atoms with Crippen LogP contribution >= 0.6 is 11.6 Å². The van der Waals surface area contributed by atoms with Crippen LogP contribution in [0.2, 0.25) is 5.02 Å². The summed E-state index contributed by atoms with van der Waals surface area (Å²) >= 11 is 6.04. The lowest BCUT2D eigenvalue weighted by atomic mass is 10.1. The second-order valence-electron chi connectivity index (χ2n) is 7.06. The summed E-state index contributed by atoms with van der Waals surface area (Å²) in [6, 6.07) is 14.7. The van der Waals surface area contributed by atoms with Crippen LogP contribution < -0.4 is 15.0 Å². The zero-order valence-electron chi connectivity index (χ0n) is 16.9. The molecule has 1 heterocycles. The van der Waals surface area contributed by atoms with Crippen molar-refractivity contribution in [2.75, 3.05) is 50.5 Å². The van der Waals surface area contributed by atoms with Gasteiger partial charge in [0.25, 0.3) is 0 Å². The Kier molecular flexibility index (Phi) is 7.58. The van der Waals surface area contributed by atoms with Crippen LogP contribution in [0.25, 0.3) is 0 Å². The minimum atomic E-state index is -3.43. The van der Waals surface area contributed by atoms with Crippen LogP contribution in [-0.2, 0) is 21.2 Å². The number of ether oxygens (including phenoxy) is 1. The third-order valence-electron chi connectivity index (χ3n) is 5.01. The molecule has 9 heteroatoms. The fourth-order valence-corrected chi connectivity index (χ4v) is 4.86. The molecule has 1 fully saturated rings. The quantitative estimate of drug-likeness (QED) is 0.665. The molecule has 1 saturated heterocycles. The first-order chi connectivity index (χ1) is 14.4. The molecule has 3 rings (SSSR count). The molecule has 162 valence electrons. The van der Waals surface area contributed by atoms with Crippen LogP contribution in [0.15, 0.2) is 48.5 Å². The van der Waals surface area contributed by atoms with Gasteiger partial charge in [-0.05, 0) is 35.9 Å². The number of sulfonamides is 1. The number of carbonyl (C=O) groups excluding carboxylic acids is 1. The zero-order valence-corrected chi connectivity index (χ0v) is 18.5. The van der Waals surface area contributed by atoms with E-state index in [1.54, 1.807) is 19.2 Å². The first kappa shape index (κ1) is 22.4. The minimum Gasteiger partial charge on any atom is -0.497 e. The predicted octanol–water partition coefficient (Wildman–Crippen LogP) is 2.16. The Bertz CT molecular complexity index is 958. The van der Waals surface area contributed by atoms with Crippen LogP contribution in [0.1, 0.15) is 5.56 Å². The van der Waals surface area contributed by atoms with Gasteiger partial charge in [0.2, 0.25) is 15.9 Å². The Hall–Kier alpha value is -2.29. The molecule has 30 heavy (non-hydrogen) atoms. The summed E-state index contributed by atoms with van der Waals surface area (Å²) in [5.74, 6) is 0.403. The highest BCUT2D eigenvalue weighted by atomic mass is 35.5. The summed E-state index contributed by atoms with van der Waals surface area (Å²) in [7, 11) is -1.84. The average molecular weight is 452 g/mol. The van der Waals surface area contributed by atoms with E-state index >= 15 is 0 Å². The largest absolute Gasteiger partial charge is 0.497 e. The summed E-state index contributed by atoms with van der Waals surface area (Å²) in [4.78, 5) is 14.2. The van der Waals surface area contributed by atoms with Crippen molar-refractivity contribution in [1.29, 1.82) is 0 Å². The number of carbonyl (C=O) groups is 1. The molecule has 0 saturated carbocycles. The molecule has 0 aromatic heterocycles. The molecule has 0 atom stereocenters. The van der Waals surface area contributed by atoms with Crippen molar-refractivity contribution in [3.8, 4) is 5.75 Å². The highest BCUT2D eigenvalue weighted by molar-refractivity contribution is 7.89. The first-order valence-corrected chi connectivity index (χ1v) is 11.7. The van der Waals surface area contributed by atoms with E-state index in [-0.39, 0.29) is 24.6 Å². The van der Waals surface area contributed by atoms with Gasteiger partial charge >= 0.3 is 0 Å². The number of hydrogen-bond donors (Lipinski definition) is 1. The molecule has 0 bridgehead atoms. The van der Waals surface area contributed by atoms with Gasteiger partial charge in [-0.25, -0.2) is 8.42 Å². The Labute approximate surface area is 182 Å². The number of amides is 1. The van der Waals surface area contributed by atoms with Gasteiger partial charge in [0, 0.05) is 43.4 Å². The molecule has 1 amide bonds. The van der Waals surface area contributed by atoms with E-state index in [4.69, 9.17) is 16.3 Å². The molecule has 1 aliphatic rings. The molecule has 0 unspecified atom stereocenters. The van der Waals surface area contributed by atoms with Gasteiger partial charge in [0.05, 0.1) is 19.3 Å². The molecule has 1 N–H and O–H groups in total. The Morgan fingerprint density at radius 3 is 2.43 bits per heavy atom. The standard InChI is InChI=1S/C21H26ClN3O4S/c1-29-20-7-5-17(6-8-20)15-21(26)23-9-14-30(27,28)25-12-10-24(11-13-25)19-4-2-3-18(22)16-19/h2-8,16H,9-15H2,1H3,(H,23,26). The maximum absolute atomic E-state index is 12.6. The second-order valence-corrected chi connectivity index (χ2v) is 9.58.